The second-order valence-corrected chi connectivity index (χ2v) is 4.80. The molecule has 0 saturated carbocycles. The first-order valence-electron chi connectivity index (χ1n) is 6.58. The van der Waals surface area contributed by atoms with Crippen molar-refractivity contribution in [3.8, 4) is 0 Å². The van der Waals surface area contributed by atoms with Crippen molar-refractivity contribution < 1.29 is 14.7 Å². The minimum absolute atomic E-state index is 0.0747. The fraction of sp³-hybridized carbons (Fsp3) is 0.333. The lowest BCUT2D eigenvalue weighted by molar-refractivity contribution is -0.117. The monoisotopic (exact) mass is 274 g/mol. The molecule has 0 atom stereocenters. The summed E-state index contributed by atoms with van der Waals surface area (Å²) in [5.74, 6) is -1.01. The number of amides is 1. The zero-order valence-corrected chi connectivity index (χ0v) is 11.4. The Morgan fingerprint density at radius 3 is 2.60 bits per heavy atom. The molecule has 0 spiro atoms. The molecule has 1 aliphatic heterocycles. The smallest absolute Gasteiger partial charge is 0.335 e. The van der Waals surface area contributed by atoms with Gasteiger partial charge in [0.15, 0.2) is 0 Å². The van der Waals surface area contributed by atoms with Crippen LogP contribution in [0.3, 0.4) is 0 Å². The van der Waals surface area contributed by atoms with Crippen molar-refractivity contribution in [1.29, 1.82) is 0 Å². The van der Waals surface area contributed by atoms with Crippen LogP contribution in [0.4, 0.5) is 0 Å². The first-order chi connectivity index (χ1) is 9.59. The standard InChI is InChI=1S/C15H18N2O3/c1-10(12-8-16-9-12)14(18)17-7-6-11-4-2-3-5-13(11)15(19)20/h2-5,16H,6-9H2,1H3,(H,17,18)(H,19,20). The summed E-state index contributed by atoms with van der Waals surface area (Å²) in [7, 11) is 0. The summed E-state index contributed by atoms with van der Waals surface area (Å²) in [4.78, 5) is 22.9. The summed E-state index contributed by atoms with van der Waals surface area (Å²) in [5, 5.41) is 15.0. The van der Waals surface area contributed by atoms with Crippen molar-refractivity contribution in [2.45, 2.75) is 13.3 Å². The van der Waals surface area contributed by atoms with Crippen molar-refractivity contribution in [1.82, 2.24) is 10.6 Å². The molecule has 1 heterocycles. The minimum atomic E-state index is -0.939. The van der Waals surface area contributed by atoms with Crippen molar-refractivity contribution in [3.63, 3.8) is 0 Å². The molecule has 1 saturated heterocycles. The Bertz CT molecular complexity index is 558. The third-order valence-corrected chi connectivity index (χ3v) is 3.48. The van der Waals surface area contributed by atoms with E-state index in [4.69, 9.17) is 5.11 Å². The number of rotatable bonds is 5. The molecular formula is C15H18N2O3. The van der Waals surface area contributed by atoms with Crippen LogP contribution < -0.4 is 10.6 Å². The van der Waals surface area contributed by atoms with E-state index in [1.54, 1.807) is 24.3 Å². The van der Waals surface area contributed by atoms with Crippen molar-refractivity contribution in [3.05, 3.63) is 46.5 Å². The van der Waals surface area contributed by atoms with Gasteiger partial charge in [-0.15, -0.1) is 0 Å². The zero-order chi connectivity index (χ0) is 14.5. The second-order valence-electron chi connectivity index (χ2n) is 4.80. The average molecular weight is 274 g/mol. The Hall–Kier alpha value is -2.14. The van der Waals surface area contributed by atoms with E-state index >= 15 is 0 Å². The number of hydrogen-bond donors (Lipinski definition) is 3. The van der Waals surface area contributed by atoms with Gasteiger partial charge in [-0.25, -0.2) is 4.79 Å². The van der Waals surface area contributed by atoms with Crippen molar-refractivity contribution in [2.75, 3.05) is 19.6 Å². The SMILES string of the molecule is CC(C(=O)NCCc1ccccc1C(=O)O)=C1CNC1. The molecule has 20 heavy (non-hydrogen) atoms. The minimum Gasteiger partial charge on any atom is -0.478 e. The predicted octanol–water partition coefficient (Wildman–Crippen LogP) is 0.963. The first-order valence-corrected chi connectivity index (χ1v) is 6.58. The van der Waals surface area contributed by atoms with Gasteiger partial charge in [0.2, 0.25) is 5.91 Å². The molecule has 1 aromatic carbocycles. The summed E-state index contributed by atoms with van der Waals surface area (Å²) in [6, 6.07) is 6.85. The molecule has 0 unspecified atom stereocenters. The molecule has 0 bridgehead atoms. The van der Waals surface area contributed by atoms with Crippen LogP contribution in [0.2, 0.25) is 0 Å². The third-order valence-electron chi connectivity index (χ3n) is 3.48. The number of carboxylic acid groups (broad SMARTS) is 1. The maximum absolute atomic E-state index is 11.9. The highest BCUT2D eigenvalue weighted by Gasteiger charge is 2.15. The van der Waals surface area contributed by atoms with E-state index in [1.807, 2.05) is 6.92 Å². The Morgan fingerprint density at radius 1 is 1.30 bits per heavy atom. The average Bonchev–Trinajstić information content (AvgIpc) is 2.36. The van der Waals surface area contributed by atoms with Crippen LogP contribution in [0.15, 0.2) is 35.4 Å². The normalized spacial score (nSPS) is 13.6. The number of carbonyl (C=O) groups excluding carboxylic acids is 1. The molecule has 0 aliphatic carbocycles. The fourth-order valence-corrected chi connectivity index (χ4v) is 2.07. The zero-order valence-electron chi connectivity index (χ0n) is 11.4. The van der Waals surface area contributed by atoms with E-state index in [9.17, 15) is 9.59 Å². The molecule has 1 amide bonds. The third kappa shape index (κ3) is 3.24. The Labute approximate surface area is 117 Å². The van der Waals surface area contributed by atoms with E-state index in [0.29, 0.717) is 18.5 Å². The Morgan fingerprint density at radius 2 is 2.00 bits per heavy atom. The predicted molar refractivity (Wildman–Crippen MR) is 75.7 cm³/mol. The van der Waals surface area contributed by atoms with E-state index in [1.165, 1.54) is 0 Å². The highest BCUT2D eigenvalue weighted by Crippen LogP contribution is 2.10. The lowest BCUT2D eigenvalue weighted by atomic mass is 10.0. The van der Waals surface area contributed by atoms with E-state index < -0.39 is 5.97 Å². The molecule has 1 fully saturated rings. The van der Waals surface area contributed by atoms with Crippen LogP contribution in [0.5, 0.6) is 0 Å². The van der Waals surface area contributed by atoms with Gasteiger partial charge in [-0.2, -0.15) is 0 Å². The van der Waals surface area contributed by atoms with Gasteiger partial charge in [0.05, 0.1) is 5.56 Å². The van der Waals surface area contributed by atoms with Crippen molar-refractivity contribution in [2.24, 2.45) is 0 Å². The number of aromatic carboxylic acids is 1. The number of hydrogen-bond acceptors (Lipinski definition) is 3. The number of benzene rings is 1. The molecular weight excluding hydrogens is 256 g/mol. The Balaban J connectivity index is 1.90. The van der Waals surface area contributed by atoms with Crippen LogP contribution in [0.1, 0.15) is 22.8 Å². The van der Waals surface area contributed by atoms with Crippen LogP contribution in [-0.2, 0) is 11.2 Å². The number of carboxylic acids is 1. The largest absolute Gasteiger partial charge is 0.478 e. The number of nitrogens with one attached hydrogen (secondary N) is 2. The van der Waals surface area contributed by atoms with Gasteiger partial charge in [-0.3, -0.25) is 4.79 Å². The fourth-order valence-electron chi connectivity index (χ4n) is 2.07. The topological polar surface area (TPSA) is 78.4 Å². The van der Waals surface area contributed by atoms with Gasteiger partial charge < -0.3 is 15.7 Å². The molecule has 5 heteroatoms. The van der Waals surface area contributed by atoms with Crippen LogP contribution in [0.25, 0.3) is 0 Å². The highest BCUT2D eigenvalue weighted by atomic mass is 16.4. The molecule has 106 valence electrons. The molecule has 1 aromatic rings. The van der Waals surface area contributed by atoms with Crippen LogP contribution in [0, 0.1) is 0 Å². The van der Waals surface area contributed by atoms with Crippen molar-refractivity contribution >= 4 is 11.9 Å². The summed E-state index contributed by atoms with van der Waals surface area (Å²) in [6.45, 7) is 3.81. The first kappa shape index (κ1) is 14.3. The lowest BCUT2D eigenvalue weighted by Crippen LogP contribution is -2.38. The summed E-state index contributed by atoms with van der Waals surface area (Å²) >= 11 is 0. The van der Waals surface area contributed by atoms with Gasteiger partial charge in [0.25, 0.3) is 0 Å². The molecule has 0 aromatic heterocycles. The van der Waals surface area contributed by atoms with E-state index in [2.05, 4.69) is 10.6 Å². The van der Waals surface area contributed by atoms with Gasteiger partial charge in [0.1, 0.15) is 0 Å². The lowest BCUT2D eigenvalue weighted by Gasteiger charge is -2.21. The molecule has 3 N–H and O–H groups in total. The van der Waals surface area contributed by atoms with E-state index in [-0.39, 0.29) is 5.91 Å². The maximum Gasteiger partial charge on any atom is 0.335 e. The van der Waals surface area contributed by atoms with Gasteiger partial charge >= 0.3 is 5.97 Å². The summed E-state index contributed by atoms with van der Waals surface area (Å²) in [6.07, 6.45) is 0.509. The maximum atomic E-state index is 11.9. The Kier molecular flexibility index (Phi) is 4.53. The highest BCUT2D eigenvalue weighted by molar-refractivity contribution is 5.94. The van der Waals surface area contributed by atoms with Crippen LogP contribution >= 0.6 is 0 Å². The molecule has 2 rings (SSSR count). The van der Waals surface area contributed by atoms with E-state index in [0.717, 1.165) is 29.8 Å². The van der Waals surface area contributed by atoms with Gasteiger partial charge in [-0.05, 0) is 30.5 Å². The molecule has 5 nitrogen and oxygen atoms in total. The molecule has 1 aliphatic rings. The summed E-state index contributed by atoms with van der Waals surface area (Å²) in [5.41, 5.74) is 2.92. The number of carbonyl (C=O) groups is 2. The van der Waals surface area contributed by atoms with Gasteiger partial charge in [0, 0.05) is 25.2 Å². The summed E-state index contributed by atoms with van der Waals surface area (Å²) < 4.78 is 0. The van der Waals surface area contributed by atoms with Crippen LogP contribution in [-0.4, -0.2) is 36.6 Å². The second kappa shape index (κ2) is 6.34. The molecule has 0 radical (unpaired) electrons. The van der Waals surface area contributed by atoms with Gasteiger partial charge in [-0.1, -0.05) is 18.2 Å². The quantitative estimate of drug-likeness (QED) is 0.699.